The van der Waals surface area contributed by atoms with Crippen LogP contribution in [0.15, 0.2) is 21.5 Å². The molecular formula is C11H13BrN4O. The number of nitrogens with zero attached hydrogens (tertiary/aromatic N) is 3. The lowest BCUT2D eigenvalue weighted by molar-refractivity contribution is 0.759. The van der Waals surface area contributed by atoms with Crippen molar-refractivity contribution in [3.05, 3.63) is 32.8 Å². The Morgan fingerprint density at radius 1 is 1.47 bits per heavy atom. The van der Waals surface area contributed by atoms with E-state index in [1.165, 1.54) is 0 Å². The molecule has 90 valence electrons. The quantitative estimate of drug-likeness (QED) is 0.922. The highest BCUT2D eigenvalue weighted by molar-refractivity contribution is 9.10. The van der Waals surface area contributed by atoms with Crippen molar-refractivity contribution in [1.29, 1.82) is 0 Å². The number of nitrogens with one attached hydrogen (secondary N) is 1. The third-order valence-electron chi connectivity index (χ3n) is 2.50. The topological polar surface area (TPSA) is 63.6 Å². The molecule has 2 heterocycles. The van der Waals surface area contributed by atoms with Gasteiger partial charge in [0.25, 0.3) is 5.56 Å². The van der Waals surface area contributed by atoms with Gasteiger partial charge in [-0.1, -0.05) is 13.8 Å². The first-order chi connectivity index (χ1) is 8.00. The molecule has 0 saturated heterocycles. The molecule has 6 heteroatoms. The highest BCUT2D eigenvalue weighted by Gasteiger charge is 2.14. The van der Waals surface area contributed by atoms with Crippen LogP contribution in [0.25, 0.3) is 11.5 Å². The summed E-state index contributed by atoms with van der Waals surface area (Å²) in [7, 11) is 1.81. The maximum atomic E-state index is 11.8. The fourth-order valence-electron chi connectivity index (χ4n) is 1.59. The van der Waals surface area contributed by atoms with E-state index in [0.29, 0.717) is 10.3 Å². The summed E-state index contributed by atoms with van der Waals surface area (Å²) in [5.74, 6) is 0.723. The minimum absolute atomic E-state index is 0.167. The Bertz CT molecular complexity index is 600. The second kappa shape index (κ2) is 4.44. The predicted molar refractivity (Wildman–Crippen MR) is 68.8 cm³/mol. The molecule has 0 aliphatic carbocycles. The maximum absolute atomic E-state index is 11.8. The molecule has 17 heavy (non-hydrogen) atoms. The summed E-state index contributed by atoms with van der Waals surface area (Å²) >= 11 is 3.27. The third-order valence-corrected chi connectivity index (χ3v) is 3.27. The van der Waals surface area contributed by atoms with Gasteiger partial charge < -0.3 is 4.98 Å². The van der Waals surface area contributed by atoms with Crippen molar-refractivity contribution < 1.29 is 0 Å². The number of hydrogen-bond acceptors (Lipinski definition) is 3. The van der Waals surface area contributed by atoms with Crippen LogP contribution in [-0.4, -0.2) is 19.7 Å². The molecule has 0 amide bonds. The lowest BCUT2D eigenvalue weighted by Crippen LogP contribution is -2.15. The van der Waals surface area contributed by atoms with Crippen LogP contribution in [0.2, 0.25) is 0 Å². The number of H-pyrrole nitrogens is 1. The van der Waals surface area contributed by atoms with E-state index in [0.717, 1.165) is 11.4 Å². The number of aromatic nitrogens is 4. The fourth-order valence-corrected chi connectivity index (χ4v) is 2.23. The molecule has 0 fully saturated rings. The molecule has 2 rings (SSSR count). The van der Waals surface area contributed by atoms with Crippen molar-refractivity contribution in [3.63, 3.8) is 0 Å². The van der Waals surface area contributed by atoms with Gasteiger partial charge in [-0.3, -0.25) is 9.48 Å². The summed E-state index contributed by atoms with van der Waals surface area (Å²) in [5, 5.41) is 4.06. The summed E-state index contributed by atoms with van der Waals surface area (Å²) in [4.78, 5) is 19.0. The maximum Gasteiger partial charge on any atom is 0.265 e. The monoisotopic (exact) mass is 296 g/mol. The summed E-state index contributed by atoms with van der Waals surface area (Å²) in [6.45, 7) is 4.00. The molecule has 2 aromatic heterocycles. The molecule has 0 spiro atoms. The smallest absolute Gasteiger partial charge is 0.265 e. The van der Waals surface area contributed by atoms with Gasteiger partial charge in [-0.15, -0.1) is 0 Å². The van der Waals surface area contributed by atoms with E-state index >= 15 is 0 Å². The number of halogens is 1. The average molecular weight is 297 g/mol. The molecule has 0 unspecified atom stereocenters. The molecule has 0 saturated carbocycles. The van der Waals surface area contributed by atoms with Gasteiger partial charge in [-0.25, -0.2) is 4.98 Å². The van der Waals surface area contributed by atoms with Crippen molar-refractivity contribution in [2.45, 2.75) is 19.8 Å². The molecule has 1 N–H and O–H groups in total. The second-order valence-corrected chi connectivity index (χ2v) is 4.90. The number of aryl methyl sites for hydroxylation is 1. The lowest BCUT2D eigenvalue weighted by atomic mass is 10.1. The minimum atomic E-state index is -0.167. The molecule has 0 bridgehead atoms. The van der Waals surface area contributed by atoms with Crippen molar-refractivity contribution in [2.24, 2.45) is 7.05 Å². The summed E-state index contributed by atoms with van der Waals surface area (Å²) in [6.07, 6.45) is 1.67. The van der Waals surface area contributed by atoms with Crippen molar-refractivity contribution in [2.75, 3.05) is 0 Å². The minimum Gasteiger partial charge on any atom is -0.304 e. The van der Waals surface area contributed by atoms with E-state index in [1.54, 1.807) is 10.9 Å². The van der Waals surface area contributed by atoms with E-state index in [-0.39, 0.29) is 11.5 Å². The largest absolute Gasteiger partial charge is 0.304 e. The van der Waals surface area contributed by atoms with E-state index in [4.69, 9.17) is 0 Å². The van der Waals surface area contributed by atoms with Crippen LogP contribution in [0.3, 0.4) is 0 Å². The average Bonchev–Trinajstić information content (AvgIpc) is 2.68. The van der Waals surface area contributed by atoms with Gasteiger partial charge in [0.1, 0.15) is 10.2 Å². The standard InChI is InChI=1S/C11H13BrN4O/c1-6(2)9-8(12)11(17)15-10(14-9)7-4-5-13-16(7)3/h4-6H,1-3H3,(H,14,15,17). The van der Waals surface area contributed by atoms with Gasteiger partial charge in [0, 0.05) is 13.2 Å². The number of hydrogen-bond donors (Lipinski definition) is 1. The summed E-state index contributed by atoms with van der Waals surface area (Å²) in [6, 6.07) is 1.82. The van der Waals surface area contributed by atoms with Crippen LogP contribution in [-0.2, 0) is 7.05 Å². The van der Waals surface area contributed by atoms with Crippen LogP contribution >= 0.6 is 15.9 Å². The molecule has 0 radical (unpaired) electrons. The SMILES string of the molecule is CC(C)c1nc(-c2ccnn2C)[nH]c(=O)c1Br. The van der Waals surface area contributed by atoms with E-state index in [2.05, 4.69) is 31.0 Å². The predicted octanol–water partition coefficient (Wildman–Crippen LogP) is 2.06. The first-order valence-corrected chi connectivity index (χ1v) is 6.08. The Kier molecular flexibility index (Phi) is 3.15. The van der Waals surface area contributed by atoms with Gasteiger partial charge in [0.05, 0.1) is 5.69 Å². The molecule has 0 aliphatic heterocycles. The highest BCUT2D eigenvalue weighted by atomic mass is 79.9. The van der Waals surface area contributed by atoms with E-state index in [9.17, 15) is 4.79 Å². The van der Waals surface area contributed by atoms with Crippen molar-refractivity contribution in [1.82, 2.24) is 19.7 Å². The van der Waals surface area contributed by atoms with Crippen LogP contribution in [0, 0.1) is 0 Å². The Hall–Kier alpha value is -1.43. The van der Waals surface area contributed by atoms with Crippen LogP contribution in [0.1, 0.15) is 25.5 Å². The lowest BCUT2D eigenvalue weighted by Gasteiger charge is -2.09. The zero-order chi connectivity index (χ0) is 12.6. The molecule has 0 aliphatic rings. The zero-order valence-electron chi connectivity index (χ0n) is 9.86. The van der Waals surface area contributed by atoms with Gasteiger partial charge in [-0.2, -0.15) is 5.10 Å². The molecule has 5 nitrogen and oxygen atoms in total. The number of rotatable bonds is 2. The van der Waals surface area contributed by atoms with Gasteiger partial charge in [-0.05, 0) is 27.9 Å². The van der Waals surface area contributed by atoms with Crippen LogP contribution in [0.4, 0.5) is 0 Å². The van der Waals surface area contributed by atoms with E-state index in [1.807, 2.05) is 27.0 Å². The Labute approximate surface area is 107 Å². The van der Waals surface area contributed by atoms with Gasteiger partial charge in [0.2, 0.25) is 0 Å². The normalized spacial score (nSPS) is 11.1. The molecule has 0 aromatic carbocycles. The van der Waals surface area contributed by atoms with Crippen LogP contribution < -0.4 is 5.56 Å². The molecule has 2 aromatic rings. The van der Waals surface area contributed by atoms with Crippen molar-refractivity contribution >= 4 is 15.9 Å². The Balaban J connectivity index is 2.66. The first-order valence-electron chi connectivity index (χ1n) is 5.28. The van der Waals surface area contributed by atoms with Crippen LogP contribution in [0.5, 0.6) is 0 Å². The Morgan fingerprint density at radius 3 is 2.71 bits per heavy atom. The first kappa shape index (κ1) is 12.0. The second-order valence-electron chi connectivity index (χ2n) is 4.11. The third kappa shape index (κ3) is 2.17. The highest BCUT2D eigenvalue weighted by Crippen LogP contribution is 2.21. The zero-order valence-corrected chi connectivity index (χ0v) is 11.4. The van der Waals surface area contributed by atoms with Gasteiger partial charge >= 0.3 is 0 Å². The fraction of sp³-hybridized carbons (Fsp3) is 0.364. The van der Waals surface area contributed by atoms with Gasteiger partial charge in [0.15, 0.2) is 5.82 Å². The van der Waals surface area contributed by atoms with E-state index < -0.39 is 0 Å². The summed E-state index contributed by atoms with van der Waals surface area (Å²) in [5.41, 5.74) is 1.38. The number of aromatic amines is 1. The summed E-state index contributed by atoms with van der Waals surface area (Å²) < 4.78 is 2.18. The molecule has 0 atom stereocenters. The molecular weight excluding hydrogens is 284 g/mol. The Morgan fingerprint density at radius 2 is 2.18 bits per heavy atom. The van der Waals surface area contributed by atoms with Crippen molar-refractivity contribution in [3.8, 4) is 11.5 Å².